The average Bonchev–Trinajstić information content (AvgIpc) is 2.45. The number of rotatable bonds is 5. The Bertz CT molecular complexity index is 220. The van der Waals surface area contributed by atoms with Gasteiger partial charge in [0.25, 0.3) is 0 Å². The van der Waals surface area contributed by atoms with E-state index in [0.29, 0.717) is 6.54 Å². The smallest absolute Gasteiger partial charge is 0.0555 e. The Kier molecular flexibility index (Phi) is 3.84. The Hall–Kier alpha value is -0.800. The number of hydrogen-bond acceptors (Lipinski definition) is 2. The molecule has 12 heavy (non-hydrogen) atoms. The van der Waals surface area contributed by atoms with E-state index in [9.17, 15) is 0 Å². The van der Waals surface area contributed by atoms with Crippen molar-refractivity contribution in [2.45, 2.75) is 6.42 Å². The normalized spacial score (nSPS) is 10.5. The lowest BCUT2D eigenvalue weighted by atomic mass is 10.2. The van der Waals surface area contributed by atoms with E-state index in [4.69, 9.17) is 5.11 Å². The molecule has 0 aliphatic rings. The molecule has 0 fully saturated rings. The van der Waals surface area contributed by atoms with Crippen molar-refractivity contribution in [3.8, 4) is 0 Å². The van der Waals surface area contributed by atoms with Crippen molar-refractivity contribution in [3.05, 3.63) is 24.0 Å². The fraction of sp³-hybridized carbons (Fsp3) is 0.556. The molecule has 2 N–H and O–H groups in total. The molecular weight excluding hydrogens is 152 g/mol. The summed E-state index contributed by atoms with van der Waals surface area (Å²) in [4.78, 5) is 0. The van der Waals surface area contributed by atoms with Crippen LogP contribution in [-0.4, -0.2) is 29.4 Å². The molecular formula is C9H16N2O. The van der Waals surface area contributed by atoms with E-state index in [1.807, 2.05) is 17.8 Å². The summed E-state index contributed by atoms with van der Waals surface area (Å²) >= 11 is 0. The molecule has 3 heteroatoms. The Balaban J connectivity index is 2.15. The summed E-state index contributed by atoms with van der Waals surface area (Å²) in [6.45, 7) is 1.84. The van der Waals surface area contributed by atoms with Crippen molar-refractivity contribution < 1.29 is 5.11 Å². The van der Waals surface area contributed by atoms with Crippen molar-refractivity contribution in [2.24, 2.45) is 7.05 Å². The third-order valence-electron chi connectivity index (χ3n) is 1.77. The van der Waals surface area contributed by atoms with Gasteiger partial charge in [-0.2, -0.15) is 0 Å². The van der Waals surface area contributed by atoms with Gasteiger partial charge in [-0.25, -0.2) is 0 Å². The van der Waals surface area contributed by atoms with Crippen LogP contribution in [0.5, 0.6) is 0 Å². The Labute approximate surface area is 73.0 Å². The van der Waals surface area contributed by atoms with Gasteiger partial charge in [0.2, 0.25) is 0 Å². The molecule has 0 radical (unpaired) electrons. The van der Waals surface area contributed by atoms with Crippen molar-refractivity contribution in [2.75, 3.05) is 19.7 Å². The van der Waals surface area contributed by atoms with E-state index < -0.39 is 0 Å². The van der Waals surface area contributed by atoms with Crippen LogP contribution in [0, 0.1) is 0 Å². The number of nitrogens with zero attached hydrogens (tertiary/aromatic N) is 1. The first kappa shape index (κ1) is 9.29. The van der Waals surface area contributed by atoms with Gasteiger partial charge in [0.15, 0.2) is 0 Å². The van der Waals surface area contributed by atoms with Gasteiger partial charge in [0.05, 0.1) is 6.61 Å². The fourth-order valence-electron chi connectivity index (χ4n) is 1.15. The molecule has 1 aromatic rings. The van der Waals surface area contributed by atoms with Gasteiger partial charge in [0, 0.05) is 26.0 Å². The van der Waals surface area contributed by atoms with Gasteiger partial charge in [-0.3, -0.25) is 0 Å². The molecule has 1 rings (SSSR count). The SMILES string of the molecule is Cn1ccc(CCNCCO)c1. The van der Waals surface area contributed by atoms with Gasteiger partial charge in [-0.15, -0.1) is 0 Å². The quantitative estimate of drug-likeness (QED) is 0.614. The van der Waals surface area contributed by atoms with Crippen molar-refractivity contribution in [3.63, 3.8) is 0 Å². The number of hydrogen-bond donors (Lipinski definition) is 2. The number of aliphatic hydroxyl groups is 1. The van der Waals surface area contributed by atoms with E-state index >= 15 is 0 Å². The van der Waals surface area contributed by atoms with Crippen LogP contribution in [0.3, 0.4) is 0 Å². The monoisotopic (exact) mass is 168 g/mol. The minimum absolute atomic E-state index is 0.217. The van der Waals surface area contributed by atoms with Crippen LogP contribution < -0.4 is 5.32 Å². The number of aromatic nitrogens is 1. The fourth-order valence-corrected chi connectivity index (χ4v) is 1.15. The molecule has 0 atom stereocenters. The highest BCUT2D eigenvalue weighted by Crippen LogP contribution is 1.98. The Morgan fingerprint density at radius 2 is 2.33 bits per heavy atom. The Morgan fingerprint density at radius 3 is 2.92 bits per heavy atom. The van der Waals surface area contributed by atoms with Crippen molar-refractivity contribution in [1.82, 2.24) is 9.88 Å². The van der Waals surface area contributed by atoms with E-state index in [1.165, 1.54) is 5.56 Å². The molecule has 68 valence electrons. The topological polar surface area (TPSA) is 37.2 Å². The highest BCUT2D eigenvalue weighted by atomic mass is 16.3. The maximum absolute atomic E-state index is 8.50. The maximum Gasteiger partial charge on any atom is 0.0555 e. The number of aliphatic hydroxyl groups excluding tert-OH is 1. The van der Waals surface area contributed by atoms with Gasteiger partial charge in [-0.1, -0.05) is 0 Å². The van der Waals surface area contributed by atoms with E-state index in [-0.39, 0.29) is 6.61 Å². The molecule has 0 bridgehead atoms. The van der Waals surface area contributed by atoms with Crippen LogP contribution in [0.1, 0.15) is 5.56 Å². The van der Waals surface area contributed by atoms with Crippen molar-refractivity contribution in [1.29, 1.82) is 0 Å². The van der Waals surface area contributed by atoms with Crippen LogP contribution in [0.15, 0.2) is 18.5 Å². The third kappa shape index (κ3) is 3.07. The molecule has 1 heterocycles. The van der Waals surface area contributed by atoms with Gasteiger partial charge in [-0.05, 0) is 24.6 Å². The molecule has 0 aromatic carbocycles. The van der Waals surface area contributed by atoms with E-state index in [1.54, 1.807) is 0 Å². The number of aryl methyl sites for hydroxylation is 1. The van der Waals surface area contributed by atoms with Crippen LogP contribution in [0.2, 0.25) is 0 Å². The van der Waals surface area contributed by atoms with E-state index in [2.05, 4.69) is 17.6 Å². The van der Waals surface area contributed by atoms with Gasteiger partial charge in [0.1, 0.15) is 0 Å². The molecule has 0 saturated heterocycles. The minimum Gasteiger partial charge on any atom is -0.395 e. The maximum atomic E-state index is 8.50. The second kappa shape index (κ2) is 4.95. The molecule has 1 aromatic heterocycles. The minimum atomic E-state index is 0.217. The molecule has 0 saturated carbocycles. The first-order valence-corrected chi connectivity index (χ1v) is 4.25. The van der Waals surface area contributed by atoms with Gasteiger partial charge < -0.3 is 15.0 Å². The van der Waals surface area contributed by atoms with Crippen LogP contribution in [0.4, 0.5) is 0 Å². The summed E-state index contributed by atoms with van der Waals surface area (Å²) in [6.07, 6.45) is 5.18. The predicted molar refractivity (Wildman–Crippen MR) is 49.1 cm³/mol. The van der Waals surface area contributed by atoms with Crippen LogP contribution in [-0.2, 0) is 13.5 Å². The second-order valence-electron chi connectivity index (χ2n) is 2.91. The third-order valence-corrected chi connectivity index (χ3v) is 1.77. The Morgan fingerprint density at radius 1 is 1.50 bits per heavy atom. The summed E-state index contributed by atoms with van der Waals surface area (Å²) in [5.74, 6) is 0. The molecule has 0 aliphatic heterocycles. The van der Waals surface area contributed by atoms with E-state index in [0.717, 1.165) is 13.0 Å². The predicted octanol–water partition coefficient (Wildman–Crippen LogP) is 0.150. The standard InChI is InChI=1S/C9H16N2O/c1-11-6-3-9(8-11)2-4-10-5-7-12/h3,6,8,10,12H,2,4-5,7H2,1H3. The molecule has 0 spiro atoms. The molecule has 0 unspecified atom stereocenters. The number of nitrogens with one attached hydrogen (secondary N) is 1. The molecule has 0 amide bonds. The average molecular weight is 168 g/mol. The second-order valence-corrected chi connectivity index (χ2v) is 2.91. The van der Waals surface area contributed by atoms with Crippen LogP contribution in [0.25, 0.3) is 0 Å². The van der Waals surface area contributed by atoms with Gasteiger partial charge >= 0.3 is 0 Å². The lowest BCUT2D eigenvalue weighted by Crippen LogP contribution is -2.20. The zero-order valence-electron chi connectivity index (χ0n) is 7.45. The zero-order valence-corrected chi connectivity index (χ0v) is 7.45. The first-order valence-electron chi connectivity index (χ1n) is 4.25. The summed E-state index contributed by atoms with van der Waals surface area (Å²) in [5.41, 5.74) is 1.34. The van der Waals surface area contributed by atoms with Crippen molar-refractivity contribution >= 4 is 0 Å². The first-order chi connectivity index (χ1) is 5.83. The lowest BCUT2D eigenvalue weighted by molar-refractivity contribution is 0.293. The lowest BCUT2D eigenvalue weighted by Gasteiger charge is -1.99. The summed E-state index contributed by atoms with van der Waals surface area (Å²) in [5, 5.41) is 11.6. The summed E-state index contributed by atoms with van der Waals surface area (Å²) < 4.78 is 2.04. The molecule has 3 nitrogen and oxygen atoms in total. The molecule has 0 aliphatic carbocycles. The highest BCUT2D eigenvalue weighted by molar-refractivity contribution is 5.10. The summed E-state index contributed by atoms with van der Waals surface area (Å²) in [6, 6.07) is 2.11. The van der Waals surface area contributed by atoms with Crippen LogP contribution >= 0.6 is 0 Å². The zero-order chi connectivity index (χ0) is 8.81. The highest BCUT2D eigenvalue weighted by Gasteiger charge is 1.93. The summed E-state index contributed by atoms with van der Waals surface area (Å²) in [7, 11) is 2.02. The largest absolute Gasteiger partial charge is 0.395 e.